The van der Waals surface area contributed by atoms with Gasteiger partial charge in [-0.15, -0.1) is 0 Å². The highest BCUT2D eigenvalue weighted by molar-refractivity contribution is 4.56. The number of rotatable bonds is 5. The molecule has 0 radical (unpaired) electrons. The number of hydrogen-bond acceptors (Lipinski definition) is 3. The average Bonchev–Trinajstić information content (AvgIpc) is 1.83. The van der Waals surface area contributed by atoms with E-state index < -0.39 is 0 Å². The van der Waals surface area contributed by atoms with E-state index in [2.05, 4.69) is 5.48 Å². The first-order valence-electron chi connectivity index (χ1n) is 4.44. The first kappa shape index (κ1) is 11.9. The van der Waals surface area contributed by atoms with E-state index in [1.807, 2.05) is 34.6 Å². The third kappa shape index (κ3) is 9.88. The van der Waals surface area contributed by atoms with Gasteiger partial charge in [0.2, 0.25) is 0 Å². The molecule has 0 aliphatic rings. The molecule has 0 rings (SSSR count). The molecule has 0 atom stereocenters. The van der Waals surface area contributed by atoms with Gasteiger partial charge in [0.1, 0.15) is 0 Å². The molecule has 1 N–H and O–H groups in total. The monoisotopic (exact) mass is 175 g/mol. The topological polar surface area (TPSA) is 30.5 Å². The lowest BCUT2D eigenvalue weighted by atomic mass is 10.2. The maximum atomic E-state index is 5.31. The lowest BCUT2D eigenvalue weighted by molar-refractivity contribution is -0.0810. The summed E-state index contributed by atoms with van der Waals surface area (Å²) in [6.45, 7) is 11.5. The Balaban J connectivity index is 3.12. The Labute approximate surface area is 75.4 Å². The minimum absolute atomic E-state index is 0.127. The molecule has 0 aromatic rings. The lowest BCUT2D eigenvalue weighted by Gasteiger charge is -2.19. The Hall–Kier alpha value is -0.120. The van der Waals surface area contributed by atoms with Crippen LogP contribution in [0.3, 0.4) is 0 Å². The van der Waals surface area contributed by atoms with Crippen molar-refractivity contribution in [3.8, 4) is 0 Å². The van der Waals surface area contributed by atoms with Crippen molar-refractivity contribution in [3.63, 3.8) is 0 Å². The summed E-state index contributed by atoms with van der Waals surface area (Å²) in [5.74, 6) is 0. The number of nitrogens with one attached hydrogen (secondary N) is 1. The zero-order valence-corrected chi connectivity index (χ0v) is 8.81. The molecule has 0 saturated heterocycles. The van der Waals surface area contributed by atoms with E-state index in [0.29, 0.717) is 12.7 Å². The van der Waals surface area contributed by atoms with Crippen molar-refractivity contribution in [2.24, 2.45) is 0 Å². The molecule has 0 aromatic carbocycles. The Morgan fingerprint density at radius 1 is 1.25 bits per heavy atom. The van der Waals surface area contributed by atoms with E-state index in [4.69, 9.17) is 9.57 Å². The molecule has 12 heavy (non-hydrogen) atoms. The first-order chi connectivity index (χ1) is 5.42. The standard InChI is InChI=1S/C9H21NO2/c1-8(2)11-7-6-10-12-9(3,4)5/h8,10H,6-7H2,1-5H3. The summed E-state index contributed by atoms with van der Waals surface area (Å²) < 4.78 is 5.31. The summed E-state index contributed by atoms with van der Waals surface area (Å²) in [6.07, 6.45) is 0.293. The van der Waals surface area contributed by atoms with Gasteiger partial charge in [-0.2, -0.15) is 5.48 Å². The Morgan fingerprint density at radius 2 is 1.83 bits per heavy atom. The Morgan fingerprint density at radius 3 is 2.25 bits per heavy atom. The Bertz CT molecular complexity index is 108. The predicted molar refractivity (Wildman–Crippen MR) is 49.9 cm³/mol. The zero-order chi connectivity index (χ0) is 9.61. The highest BCUT2D eigenvalue weighted by Gasteiger charge is 2.09. The quantitative estimate of drug-likeness (QED) is 0.510. The zero-order valence-electron chi connectivity index (χ0n) is 8.81. The average molecular weight is 175 g/mol. The molecule has 0 bridgehead atoms. The summed E-state index contributed by atoms with van der Waals surface area (Å²) in [5.41, 5.74) is 2.73. The molecule has 0 spiro atoms. The highest BCUT2D eigenvalue weighted by atomic mass is 16.7. The van der Waals surface area contributed by atoms with Gasteiger partial charge < -0.3 is 4.74 Å². The van der Waals surface area contributed by atoms with Crippen molar-refractivity contribution in [2.75, 3.05) is 13.2 Å². The molecule has 0 aromatic heterocycles. The van der Waals surface area contributed by atoms with Gasteiger partial charge in [0.25, 0.3) is 0 Å². The van der Waals surface area contributed by atoms with Crippen LogP contribution in [0.4, 0.5) is 0 Å². The van der Waals surface area contributed by atoms with Crippen molar-refractivity contribution in [2.45, 2.75) is 46.3 Å². The molecule has 0 aliphatic carbocycles. The van der Waals surface area contributed by atoms with Crippen molar-refractivity contribution in [3.05, 3.63) is 0 Å². The molecule has 74 valence electrons. The molecule has 0 aliphatic heterocycles. The van der Waals surface area contributed by atoms with Gasteiger partial charge in [-0.3, -0.25) is 4.84 Å². The van der Waals surface area contributed by atoms with Crippen LogP contribution in [0.15, 0.2) is 0 Å². The van der Waals surface area contributed by atoms with E-state index in [0.717, 1.165) is 6.54 Å². The summed E-state index contributed by atoms with van der Waals surface area (Å²) in [7, 11) is 0. The van der Waals surface area contributed by atoms with Crippen molar-refractivity contribution >= 4 is 0 Å². The summed E-state index contributed by atoms with van der Waals surface area (Å²) in [6, 6.07) is 0. The van der Waals surface area contributed by atoms with Crippen LogP contribution < -0.4 is 5.48 Å². The minimum Gasteiger partial charge on any atom is -0.377 e. The maximum Gasteiger partial charge on any atom is 0.0812 e. The van der Waals surface area contributed by atoms with Gasteiger partial charge in [0, 0.05) is 6.54 Å². The van der Waals surface area contributed by atoms with Crippen LogP contribution in [-0.4, -0.2) is 24.9 Å². The van der Waals surface area contributed by atoms with Crippen LogP contribution in [0.25, 0.3) is 0 Å². The number of hydrogen-bond donors (Lipinski definition) is 1. The molecule has 0 fully saturated rings. The molecule has 0 unspecified atom stereocenters. The second-order valence-electron chi connectivity index (χ2n) is 4.03. The van der Waals surface area contributed by atoms with E-state index in [1.54, 1.807) is 0 Å². The van der Waals surface area contributed by atoms with Crippen LogP contribution in [0.2, 0.25) is 0 Å². The van der Waals surface area contributed by atoms with Crippen LogP contribution >= 0.6 is 0 Å². The molecule has 3 nitrogen and oxygen atoms in total. The molecule has 3 heteroatoms. The molecular weight excluding hydrogens is 154 g/mol. The van der Waals surface area contributed by atoms with Crippen LogP contribution in [0.5, 0.6) is 0 Å². The normalized spacial score (nSPS) is 12.5. The largest absolute Gasteiger partial charge is 0.377 e. The van der Waals surface area contributed by atoms with Crippen LogP contribution in [0, 0.1) is 0 Å². The van der Waals surface area contributed by atoms with Gasteiger partial charge in [-0.1, -0.05) is 0 Å². The van der Waals surface area contributed by atoms with E-state index in [-0.39, 0.29) is 5.60 Å². The molecular formula is C9H21NO2. The van der Waals surface area contributed by atoms with E-state index >= 15 is 0 Å². The van der Waals surface area contributed by atoms with Gasteiger partial charge in [-0.25, -0.2) is 0 Å². The van der Waals surface area contributed by atoms with Crippen molar-refractivity contribution < 1.29 is 9.57 Å². The van der Waals surface area contributed by atoms with Gasteiger partial charge in [0.05, 0.1) is 18.3 Å². The molecule has 0 saturated carbocycles. The molecule has 0 heterocycles. The third-order valence-corrected chi connectivity index (χ3v) is 1.03. The maximum absolute atomic E-state index is 5.31. The number of hydroxylamine groups is 1. The SMILES string of the molecule is CC(C)OCCNOC(C)(C)C. The fraction of sp³-hybridized carbons (Fsp3) is 1.00. The highest BCUT2D eigenvalue weighted by Crippen LogP contribution is 2.02. The molecule has 0 amide bonds. The van der Waals surface area contributed by atoms with Crippen molar-refractivity contribution in [1.29, 1.82) is 0 Å². The van der Waals surface area contributed by atoms with Gasteiger partial charge in [-0.05, 0) is 34.6 Å². The third-order valence-electron chi connectivity index (χ3n) is 1.03. The van der Waals surface area contributed by atoms with Gasteiger partial charge in [0.15, 0.2) is 0 Å². The second kappa shape index (κ2) is 5.51. The fourth-order valence-corrected chi connectivity index (χ4v) is 0.604. The number of ether oxygens (including phenoxy) is 1. The summed E-state index contributed by atoms with van der Waals surface area (Å²) >= 11 is 0. The second-order valence-corrected chi connectivity index (χ2v) is 4.03. The van der Waals surface area contributed by atoms with Crippen LogP contribution in [0.1, 0.15) is 34.6 Å². The minimum atomic E-state index is -0.127. The Kier molecular flexibility index (Phi) is 5.46. The van der Waals surface area contributed by atoms with E-state index in [1.165, 1.54) is 0 Å². The van der Waals surface area contributed by atoms with Crippen LogP contribution in [-0.2, 0) is 9.57 Å². The summed E-state index contributed by atoms with van der Waals surface area (Å²) in [5, 5.41) is 0. The van der Waals surface area contributed by atoms with Gasteiger partial charge >= 0.3 is 0 Å². The predicted octanol–water partition coefficient (Wildman–Crippen LogP) is 1.73. The lowest BCUT2D eigenvalue weighted by Crippen LogP contribution is -2.31. The van der Waals surface area contributed by atoms with Crippen molar-refractivity contribution in [1.82, 2.24) is 5.48 Å². The summed E-state index contributed by atoms with van der Waals surface area (Å²) in [4.78, 5) is 5.28. The fourth-order valence-electron chi connectivity index (χ4n) is 0.604. The smallest absolute Gasteiger partial charge is 0.0812 e. The first-order valence-corrected chi connectivity index (χ1v) is 4.44. The van der Waals surface area contributed by atoms with E-state index in [9.17, 15) is 0 Å².